The van der Waals surface area contributed by atoms with Crippen LogP contribution in [0.1, 0.15) is 49.9 Å². The van der Waals surface area contributed by atoms with Gasteiger partial charge in [-0.1, -0.05) is 26.2 Å². The lowest BCUT2D eigenvalue weighted by Gasteiger charge is -2.37. The Morgan fingerprint density at radius 3 is 2.28 bits per heavy atom. The normalized spacial score (nSPS) is 14.2. The van der Waals surface area contributed by atoms with Crippen LogP contribution in [-0.2, 0) is 0 Å². The third kappa shape index (κ3) is 5.72. The first-order valence-corrected chi connectivity index (χ1v) is 10.6. The molecule has 0 saturated carbocycles. The van der Waals surface area contributed by atoms with Gasteiger partial charge in [-0.3, -0.25) is 4.79 Å². The Labute approximate surface area is 173 Å². The zero-order valence-electron chi connectivity index (χ0n) is 17.5. The summed E-state index contributed by atoms with van der Waals surface area (Å²) in [7, 11) is 0. The standard InChI is InChI=1S/C24H31FN2O2/c1-3-4-5-6-17-29-22-10-8-21(9-11-22)26-13-15-27(16-14-26)24-12-7-20(19(2)28)18-23(24)25/h7-12,18H,3-6,13-17H2,1-2H3. The molecule has 156 valence electrons. The van der Waals surface area contributed by atoms with E-state index in [0.29, 0.717) is 11.3 Å². The van der Waals surface area contributed by atoms with Gasteiger partial charge in [0.2, 0.25) is 0 Å². The Kier molecular flexibility index (Phi) is 7.50. The van der Waals surface area contributed by atoms with E-state index in [4.69, 9.17) is 4.74 Å². The maximum atomic E-state index is 14.4. The van der Waals surface area contributed by atoms with Crippen molar-refractivity contribution in [2.24, 2.45) is 0 Å². The lowest BCUT2D eigenvalue weighted by Crippen LogP contribution is -2.46. The van der Waals surface area contributed by atoms with Crippen LogP contribution >= 0.6 is 0 Å². The van der Waals surface area contributed by atoms with Crippen LogP contribution in [0, 0.1) is 5.82 Å². The highest BCUT2D eigenvalue weighted by molar-refractivity contribution is 5.94. The minimum absolute atomic E-state index is 0.117. The van der Waals surface area contributed by atoms with Crippen molar-refractivity contribution in [2.75, 3.05) is 42.6 Å². The van der Waals surface area contributed by atoms with Gasteiger partial charge in [-0.15, -0.1) is 0 Å². The molecule has 0 amide bonds. The number of ether oxygens (including phenoxy) is 1. The third-order valence-corrected chi connectivity index (χ3v) is 5.44. The summed E-state index contributed by atoms with van der Waals surface area (Å²) in [6.45, 7) is 7.57. The number of hydrogen-bond acceptors (Lipinski definition) is 4. The highest BCUT2D eigenvalue weighted by atomic mass is 19.1. The summed E-state index contributed by atoms with van der Waals surface area (Å²) in [4.78, 5) is 15.8. The van der Waals surface area contributed by atoms with Crippen molar-refractivity contribution >= 4 is 17.2 Å². The quantitative estimate of drug-likeness (QED) is 0.423. The fourth-order valence-corrected chi connectivity index (χ4v) is 3.66. The molecule has 3 rings (SSSR count). The van der Waals surface area contributed by atoms with E-state index in [1.54, 1.807) is 12.1 Å². The maximum Gasteiger partial charge on any atom is 0.159 e. The van der Waals surface area contributed by atoms with Crippen molar-refractivity contribution in [3.63, 3.8) is 0 Å². The molecule has 29 heavy (non-hydrogen) atoms. The number of nitrogens with zero attached hydrogens (tertiary/aromatic N) is 2. The molecule has 0 N–H and O–H groups in total. The lowest BCUT2D eigenvalue weighted by molar-refractivity contribution is 0.101. The smallest absolute Gasteiger partial charge is 0.159 e. The number of halogens is 1. The fourth-order valence-electron chi connectivity index (χ4n) is 3.66. The molecule has 0 spiro atoms. The number of unbranched alkanes of at least 4 members (excludes halogenated alkanes) is 3. The molecule has 5 heteroatoms. The van der Waals surface area contributed by atoms with Gasteiger partial charge < -0.3 is 14.5 Å². The van der Waals surface area contributed by atoms with Gasteiger partial charge in [0.1, 0.15) is 11.6 Å². The zero-order valence-corrected chi connectivity index (χ0v) is 17.5. The summed E-state index contributed by atoms with van der Waals surface area (Å²) in [5.41, 5.74) is 2.15. The van der Waals surface area contributed by atoms with Crippen molar-refractivity contribution in [2.45, 2.75) is 39.5 Å². The number of benzene rings is 2. The molecule has 0 aliphatic carbocycles. The van der Waals surface area contributed by atoms with Crippen LogP contribution in [0.3, 0.4) is 0 Å². The Bertz CT molecular complexity index is 799. The van der Waals surface area contributed by atoms with E-state index in [0.717, 1.165) is 50.6 Å². The first-order chi connectivity index (χ1) is 14.1. The SMILES string of the molecule is CCCCCCOc1ccc(N2CCN(c3ccc(C(C)=O)cc3F)CC2)cc1. The average Bonchev–Trinajstić information content (AvgIpc) is 2.74. The Balaban J connectivity index is 1.51. The second-order valence-electron chi connectivity index (χ2n) is 7.60. The molecule has 1 aliphatic rings. The third-order valence-electron chi connectivity index (χ3n) is 5.44. The van der Waals surface area contributed by atoms with Crippen LogP contribution in [0.4, 0.5) is 15.8 Å². The van der Waals surface area contributed by atoms with Crippen LogP contribution in [-0.4, -0.2) is 38.6 Å². The van der Waals surface area contributed by atoms with E-state index >= 15 is 0 Å². The van der Waals surface area contributed by atoms with Crippen molar-refractivity contribution in [3.8, 4) is 5.75 Å². The molecule has 0 unspecified atom stereocenters. The van der Waals surface area contributed by atoms with Gasteiger partial charge in [0, 0.05) is 37.4 Å². The highest BCUT2D eigenvalue weighted by Crippen LogP contribution is 2.25. The summed E-state index contributed by atoms with van der Waals surface area (Å²) in [6, 6.07) is 13.0. The van der Waals surface area contributed by atoms with Gasteiger partial charge in [0.25, 0.3) is 0 Å². The minimum Gasteiger partial charge on any atom is -0.494 e. The summed E-state index contributed by atoms with van der Waals surface area (Å²) in [5.74, 6) is 0.469. The first kappa shape index (κ1) is 21.2. The number of rotatable bonds is 9. The molecule has 0 radical (unpaired) electrons. The Morgan fingerprint density at radius 1 is 0.966 bits per heavy atom. The lowest BCUT2D eigenvalue weighted by atomic mass is 10.1. The van der Waals surface area contributed by atoms with E-state index in [1.165, 1.54) is 32.3 Å². The van der Waals surface area contributed by atoms with E-state index < -0.39 is 0 Å². The van der Waals surface area contributed by atoms with Gasteiger partial charge in [-0.2, -0.15) is 0 Å². The predicted octanol–water partition coefficient (Wildman–Crippen LogP) is 5.31. The number of piperazine rings is 1. The second kappa shape index (κ2) is 10.3. The number of carbonyl (C=O) groups is 1. The van der Waals surface area contributed by atoms with E-state index in [2.05, 4.69) is 24.0 Å². The maximum absolute atomic E-state index is 14.4. The first-order valence-electron chi connectivity index (χ1n) is 10.6. The molecule has 0 aromatic heterocycles. The Hall–Kier alpha value is -2.56. The molecule has 4 nitrogen and oxygen atoms in total. The number of carbonyl (C=O) groups excluding carboxylic acids is 1. The summed E-state index contributed by atoms with van der Waals surface area (Å²) in [6.07, 6.45) is 4.82. The molecule has 1 aliphatic heterocycles. The molecule has 1 heterocycles. The molecule has 1 saturated heterocycles. The van der Waals surface area contributed by atoms with Crippen LogP contribution < -0.4 is 14.5 Å². The Morgan fingerprint density at radius 2 is 1.66 bits per heavy atom. The molecule has 2 aromatic carbocycles. The molecule has 0 atom stereocenters. The topological polar surface area (TPSA) is 32.8 Å². The van der Waals surface area contributed by atoms with Gasteiger partial charge in [0.05, 0.1) is 12.3 Å². The van der Waals surface area contributed by atoms with Crippen LogP contribution in [0.25, 0.3) is 0 Å². The van der Waals surface area contributed by atoms with Gasteiger partial charge >= 0.3 is 0 Å². The number of anilines is 2. The number of ketones is 1. The van der Waals surface area contributed by atoms with Crippen LogP contribution in [0.2, 0.25) is 0 Å². The number of Topliss-reactive ketones (excluding diaryl/α,β-unsaturated/α-hetero) is 1. The van der Waals surface area contributed by atoms with E-state index in [1.807, 2.05) is 17.0 Å². The van der Waals surface area contributed by atoms with E-state index in [-0.39, 0.29) is 11.6 Å². The monoisotopic (exact) mass is 398 g/mol. The van der Waals surface area contributed by atoms with Gasteiger partial charge in [-0.05, 0) is 55.8 Å². The summed E-state index contributed by atoms with van der Waals surface area (Å²) < 4.78 is 20.2. The minimum atomic E-state index is -0.327. The largest absolute Gasteiger partial charge is 0.494 e. The van der Waals surface area contributed by atoms with Crippen LogP contribution in [0.15, 0.2) is 42.5 Å². The summed E-state index contributed by atoms with van der Waals surface area (Å²) in [5, 5.41) is 0. The van der Waals surface area contributed by atoms with Crippen LogP contribution in [0.5, 0.6) is 5.75 Å². The molecule has 0 bridgehead atoms. The average molecular weight is 399 g/mol. The molecule has 1 fully saturated rings. The highest BCUT2D eigenvalue weighted by Gasteiger charge is 2.20. The van der Waals surface area contributed by atoms with Crippen molar-refractivity contribution in [3.05, 3.63) is 53.8 Å². The van der Waals surface area contributed by atoms with Gasteiger partial charge in [-0.25, -0.2) is 4.39 Å². The van der Waals surface area contributed by atoms with E-state index in [9.17, 15) is 9.18 Å². The van der Waals surface area contributed by atoms with Gasteiger partial charge in [0.15, 0.2) is 5.78 Å². The second-order valence-corrected chi connectivity index (χ2v) is 7.60. The molecular formula is C24H31FN2O2. The van der Waals surface area contributed by atoms with Crippen molar-refractivity contribution in [1.29, 1.82) is 0 Å². The molecular weight excluding hydrogens is 367 g/mol. The van der Waals surface area contributed by atoms with Crippen molar-refractivity contribution < 1.29 is 13.9 Å². The van der Waals surface area contributed by atoms with Crippen molar-refractivity contribution in [1.82, 2.24) is 0 Å². The fraction of sp³-hybridized carbons (Fsp3) is 0.458. The predicted molar refractivity (Wildman–Crippen MR) is 117 cm³/mol. The number of hydrogen-bond donors (Lipinski definition) is 0. The summed E-state index contributed by atoms with van der Waals surface area (Å²) >= 11 is 0. The zero-order chi connectivity index (χ0) is 20.6. The molecule has 2 aromatic rings.